The van der Waals surface area contributed by atoms with Crippen LogP contribution in [0.3, 0.4) is 0 Å². The highest BCUT2D eigenvalue weighted by atomic mass is 16.5. The molecule has 0 spiro atoms. The van der Waals surface area contributed by atoms with Crippen LogP contribution in [0.25, 0.3) is 0 Å². The van der Waals surface area contributed by atoms with Gasteiger partial charge in [-0.25, -0.2) is 0 Å². The fraction of sp³-hybridized carbons (Fsp3) is 0.500. The Morgan fingerprint density at radius 3 is 2.64 bits per heavy atom. The third-order valence-corrected chi connectivity index (χ3v) is 2.20. The van der Waals surface area contributed by atoms with Gasteiger partial charge < -0.3 is 10.1 Å². The predicted molar refractivity (Wildman–Crippen MR) is 61.2 cm³/mol. The minimum atomic E-state index is 0.794. The summed E-state index contributed by atoms with van der Waals surface area (Å²) in [5, 5.41) is 3.17. The number of hydrogen-bond acceptors (Lipinski definition) is 2. The van der Waals surface area contributed by atoms with Crippen molar-refractivity contribution >= 4 is 5.69 Å². The zero-order valence-corrected chi connectivity index (χ0v) is 9.26. The lowest BCUT2D eigenvalue weighted by molar-refractivity contribution is 0.317. The fourth-order valence-corrected chi connectivity index (χ4v) is 1.42. The normalized spacial score (nSPS) is 9.93. The second-order valence-electron chi connectivity index (χ2n) is 3.27. The van der Waals surface area contributed by atoms with Crippen LogP contribution in [0.2, 0.25) is 0 Å². The highest BCUT2D eigenvalue weighted by Crippen LogP contribution is 2.22. The highest BCUT2D eigenvalue weighted by molar-refractivity contribution is 5.53. The van der Waals surface area contributed by atoms with Crippen LogP contribution in [0.1, 0.15) is 25.8 Å². The minimum absolute atomic E-state index is 0.794. The van der Waals surface area contributed by atoms with Gasteiger partial charge in [-0.05, 0) is 36.6 Å². The molecule has 1 rings (SSSR count). The number of nitrogens with one attached hydrogen (secondary N) is 1. The molecule has 0 atom stereocenters. The van der Waals surface area contributed by atoms with Crippen molar-refractivity contribution in [3.05, 3.63) is 23.8 Å². The molecule has 0 unspecified atom stereocenters. The van der Waals surface area contributed by atoms with E-state index in [-0.39, 0.29) is 0 Å². The molecule has 0 radical (unpaired) electrons. The first-order valence-corrected chi connectivity index (χ1v) is 5.25. The van der Waals surface area contributed by atoms with Gasteiger partial charge in [-0.1, -0.05) is 13.8 Å². The Hall–Kier alpha value is -1.18. The molecule has 0 fully saturated rings. The van der Waals surface area contributed by atoms with Crippen LogP contribution in [0.5, 0.6) is 5.75 Å². The van der Waals surface area contributed by atoms with Gasteiger partial charge in [-0.3, -0.25) is 0 Å². The molecule has 2 nitrogen and oxygen atoms in total. The molecule has 0 aromatic heterocycles. The van der Waals surface area contributed by atoms with Gasteiger partial charge in [-0.15, -0.1) is 0 Å². The van der Waals surface area contributed by atoms with Gasteiger partial charge in [0.1, 0.15) is 5.75 Å². The van der Waals surface area contributed by atoms with Crippen LogP contribution in [-0.2, 0) is 6.42 Å². The quantitative estimate of drug-likeness (QED) is 0.776. The Morgan fingerprint density at radius 1 is 1.29 bits per heavy atom. The maximum atomic E-state index is 5.57. The number of aryl methyl sites for hydroxylation is 1. The molecule has 0 amide bonds. The molecule has 14 heavy (non-hydrogen) atoms. The maximum absolute atomic E-state index is 5.57. The lowest BCUT2D eigenvalue weighted by atomic mass is 10.1. The second-order valence-corrected chi connectivity index (χ2v) is 3.27. The Kier molecular flexibility index (Phi) is 4.30. The summed E-state index contributed by atoms with van der Waals surface area (Å²) in [6.07, 6.45) is 2.08. The van der Waals surface area contributed by atoms with Gasteiger partial charge in [0.05, 0.1) is 6.61 Å². The molecular formula is C12H19NO. The Morgan fingerprint density at radius 2 is 2.07 bits per heavy atom. The molecule has 0 heterocycles. The van der Waals surface area contributed by atoms with E-state index in [9.17, 15) is 0 Å². The van der Waals surface area contributed by atoms with Crippen molar-refractivity contribution in [2.75, 3.05) is 19.0 Å². The number of hydrogen-bond donors (Lipinski definition) is 1. The lowest BCUT2D eigenvalue weighted by Crippen LogP contribution is -1.98. The number of benzene rings is 1. The summed E-state index contributed by atoms with van der Waals surface area (Å²) in [7, 11) is 1.95. The number of rotatable bonds is 5. The molecule has 0 saturated carbocycles. The van der Waals surface area contributed by atoms with E-state index in [4.69, 9.17) is 4.74 Å². The molecule has 78 valence electrons. The summed E-state index contributed by atoms with van der Waals surface area (Å²) < 4.78 is 5.57. The maximum Gasteiger partial charge on any atom is 0.119 e. The Labute approximate surface area is 86.3 Å². The average Bonchev–Trinajstić information content (AvgIpc) is 2.25. The van der Waals surface area contributed by atoms with E-state index in [1.807, 2.05) is 13.1 Å². The van der Waals surface area contributed by atoms with E-state index in [0.29, 0.717) is 0 Å². The van der Waals surface area contributed by atoms with E-state index >= 15 is 0 Å². The van der Waals surface area contributed by atoms with Gasteiger partial charge in [0.25, 0.3) is 0 Å². The predicted octanol–water partition coefficient (Wildman–Crippen LogP) is 3.08. The molecule has 0 saturated heterocycles. The average molecular weight is 193 g/mol. The van der Waals surface area contributed by atoms with Crippen LogP contribution >= 0.6 is 0 Å². The SMILES string of the molecule is CCCOc1ccc(NC)c(CC)c1. The Balaban J connectivity index is 2.79. The van der Waals surface area contributed by atoms with E-state index in [1.54, 1.807) is 0 Å². The smallest absolute Gasteiger partial charge is 0.119 e. The fourth-order valence-electron chi connectivity index (χ4n) is 1.42. The highest BCUT2D eigenvalue weighted by Gasteiger charge is 2.00. The van der Waals surface area contributed by atoms with Crippen molar-refractivity contribution < 1.29 is 4.74 Å². The first-order chi connectivity index (χ1) is 6.81. The molecule has 0 aliphatic rings. The number of anilines is 1. The molecule has 1 N–H and O–H groups in total. The lowest BCUT2D eigenvalue weighted by Gasteiger charge is -2.10. The van der Waals surface area contributed by atoms with Crippen LogP contribution in [-0.4, -0.2) is 13.7 Å². The van der Waals surface area contributed by atoms with Gasteiger partial charge in [0.2, 0.25) is 0 Å². The van der Waals surface area contributed by atoms with Crippen LogP contribution in [0.4, 0.5) is 5.69 Å². The van der Waals surface area contributed by atoms with Crippen LogP contribution in [0, 0.1) is 0 Å². The zero-order valence-electron chi connectivity index (χ0n) is 9.26. The van der Waals surface area contributed by atoms with Gasteiger partial charge >= 0.3 is 0 Å². The van der Waals surface area contributed by atoms with Crippen molar-refractivity contribution in [3.8, 4) is 5.75 Å². The summed E-state index contributed by atoms with van der Waals surface area (Å²) in [5.74, 6) is 0.975. The largest absolute Gasteiger partial charge is 0.494 e. The molecule has 0 aliphatic heterocycles. The van der Waals surface area contributed by atoms with E-state index in [2.05, 4.69) is 31.3 Å². The first kappa shape index (κ1) is 10.9. The summed E-state index contributed by atoms with van der Waals surface area (Å²) in [5.41, 5.74) is 2.50. The third kappa shape index (κ3) is 2.66. The van der Waals surface area contributed by atoms with Crippen molar-refractivity contribution in [3.63, 3.8) is 0 Å². The van der Waals surface area contributed by atoms with Gasteiger partial charge in [0.15, 0.2) is 0 Å². The minimum Gasteiger partial charge on any atom is -0.494 e. The molecular weight excluding hydrogens is 174 g/mol. The zero-order chi connectivity index (χ0) is 10.4. The van der Waals surface area contributed by atoms with Crippen molar-refractivity contribution in [1.29, 1.82) is 0 Å². The molecule has 1 aromatic carbocycles. The topological polar surface area (TPSA) is 21.3 Å². The van der Waals surface area contributed by atoms with Crippen molar-refractivity contribution in [2.45, 2.75) is 26.7 Å². The monoisotopic (exact) mass is 193 g/mol. The molecule has 0 bridgehead atoms. The molecule has 2 heteroatoms. The summed E-state index contributed by atoms with van der Waals surface area (Å²) in [4.78, 5) is 0. The van der Waals surface area contributed by atoms with Gasteiger partial charge in [-0.2, -0.15) is 0 Å². The summed E-state index contributed by atoms with van der Waals surface area (Å²) >= 11 is 0. The number of ether oxygens (including phenoxy) is 1. The standard InChI is InChI=1S/C12H19NO/c1-4-8-14-11-6-7-12(13-3)10(5-2)9-11/h6-7,9,13H,4-5,8H2,1-3H3. The molecule has 0 aliphatic carbocycles. The van der Waals surface area contributed by atoms with E-state index < -0.39 is 0 Å². The van der Waals surface area contributed by atoms with Gasteiger partial charge in [0, 0.05) is 12.7 Å². The van der Waals surface area contributed by atoms with Crippen LogP contribution < -0.4 is 10.1 Å². The van der Waals surface area contributed by atoms with E-state index in [1.165, 1.54) is 11.3 Å². The van der Waals surface area contributed by atoms with E-state index in [0.717, 1.165) is 25.2 Å². The first-order valence-electron chi connectivity index (χ1n) is 5.25. The summed E-state index contributed by atoms with van der Waals surface area (Å²) in [6.45, 7) is 5.06. The third-order valence-electron chi connectivity index (χ3n) is 2.20. The molecule has 1 aromatic rings. The van der Waals surface area contributed by atoms with Crippen molar-refractivity contribution in [2.24, 2.45) is 0 Å². The van der Waals surface area contributed by atoms with Crippen LogP contribution in [0.15, 0.2) is 18.2 Å². The van der Waals surface area contributed by atoms with Crippen molar-refractivity contribution in [1.82, 2.24) is 0 Å². The summed E-state index contributed by atoms with van der Waals surface area (Å²) in [6, 6.07) is 6.20. The second kappa shape index (κ2) is 5.53. The Bertz CT molecular complexity index is 284.